The lowest BCUT2D eigenvalue weighted by molar-refractivity contribution is 0.0989. The zero-order valence-corrected chi connectivity index (χ0v) is 16.3. The molecule has 1 saturated heterocycles. The van der Waals surface area contributed by atoms with E-state index in [1.54, 1.807) is 12.4 Å². The summed E-state index contributed by atoms with van der Waals surface area (Å²) in [5.74, 6) is 1.51. The maximum Gasteiger partial charge on any atom is 0.161 e. The zero-order chi connectivity index (χ0) is 19.3. The highest BCUT2D eigenvalue weighted by Gasteiger charge is 2.18. The molecule has 6 heteroatoms. The van der Waals surface area contributed by atoms with Gasteiger partial charge in [-0.3, -0.25) is 4.98 Å². The average Bonchev–Trinajstić information content (AvgIpc) is 2.75. The number of anilines is 3. The van der Waals surface area contributed by atoms with Crippen LogP contribution >= 0.6 is 0 Å². The van der Waals surface area contributed by atoms with Gasteiger partial charge in [-0.05, 0) is 49.7 Å². The second-order valence-electron chi connectivity index (χ2n) is 6.95. The number of nitrogens with zero attached hydrogens (tertiary/aromatic N) is 4. The third-order valence-corrected chi connectivity index (χ3v) is 4.92. The van der Waals surface area contributed by atoms with E-state index >= 15 is 0 Å². The maximum atomic E-state index is 5.53. The second-order valence-corrected chi connectivity index (χ2v) is 6.95. The SMILES string of the molecule is CCc1cc(Nc2ccc(N3CCOCC3C)cc2)nc(-c2ccncc2)n1. The Hall–Kier alpha value is -2.99. The number of rotatable bonds is 5. The number of ether oxygens (including phenoxy) is 1. The standard InChI is InChI=1S/C22H25N5O/c1-3-18-14-21(26-22(25-18)17-8-10-23-11-9-17)24-19-4-6-20(7-5-19)27-12-13-28-15-16(27)2/h4-11,14,16H,3,12-13,15H2,1-2H3,(H,24,25,26). The van der Waals surface area contributed by atoms with E-state index in [0.29, 0.717) is 11.9 Å². The summed E-state index contributed by atoms with van der Waals surface area (Å²) in [7, 11) is 0. The van der Waals surface area contributed by atoms with Crippen molar-refractivity contribution in [1.82, 2.24) is 15.0 Å². The average molecular weight is 375 g/mol. The van der Waals surface area contributed by atoms with E-state index in [9.17, 15) is 0 Å². The summed E-state index contributed by atoms with van der Waals surface area (Å²) >= 11 is 0. The van der Waals surface area contributed by atoms with Crippen molar-refractivity contribution < 1.29 is 4.74 Å². The van der Waals surface area contributed by atoms with E-state index in [0.717, 1.165) is 48.9 Å². The van der Waals surface area contributed by atoms with Gasteiger partial charge in [-0.25, -0.2) is 9.97 Å². The molecule has 0 spiro atoms. The molecule has 4 rings (SSSR count). The van der Waals surface area contributed by atoms with Crippen molar-refractivity contribution in [2.24, 2.45) is 0 Å². The molecule has 1 fully saturated rings. The fourth-order valence-electron chi connectivity index (χ4n) is 3.37. The van der Waals surface area contributed by atoms with Gasteiger partial charge in [0.15, 0.2) is 5.82 Å². The number of nitrogens with one attached hydrogen (secondary N) is 1. The number of aryl methyl sites for hydroxylation is 1. The van der Waals surface area contributed by atoms with Gasteiger partial charge in [-0.2, -0.15) is 0 Å². The third kappa shape index (κ3) is 4.12. The molecule has 1 aromatic carbocycles. The Bertz CT molecular complexity index is 914. The Kier molecular flexibility index (Phi) is 5.48. The van der Waals surface area contributed by atoms with Crippen molar-refractivity contribution in [3.05, 3.63) is 60.6 Å². The second kappa shape index (κ2) is 8.35. The van der Waals surface area contributed by atoms with Crippen LogP contribution < -0.4 is 10.2 Å². The minimum atomic E-state index is 0.393. The summed E-state index contributed by atoms with van der Waals surface area (Å²) in [6.45, 7) is 6.77. The molecule has 0 radical (unpaired) electrons. The highest BCUT2D eigenvalue weighted by atomic mass is 16.5. The van der Waals surface area contributed by atoms with Crippen LogP contribution in [0.4, 0.5) is 17.2 Å². The number of morpholine rings is 1. The van der Waals surface area contributed by atoms with Gasteiger partial charge in [0.05, 0.1) is 13.2 Å². The highest BCUT2D eigenvalue weighted by Crippen LogP contribution is 2.25. The first-order chi connectivity index (χ1) is 13.7. The van der Waals surface area contributed by atoms with Gasteiger partial charge < -0.3 is 15.0 Å². The van der Waals surface area contributed by atoms with Gasteiger partial charge in [0.2, 0.25) is 0 Å². The largest absolute Gasteiger partial charge is 0.377 e. The number of hydrogen-bond donors (Lipinski definition) is 1. The summed E-state index contributed by atoms with van der Waals surface area (Å²) < 4.78 is 5.53. The van der Waals surface area contributed by atoms with Gasteiger partial charge >= 0.3 is 0 Å². The first-order valence-electron chi connectivity index (χ1n) is 9.73. The number of benzene rings is 1. The fourth-order valence-corrected chi connectivity index (χ4v) is 3.37. The zero-order valence-electron chi connectivity index (χ0n) is 16.3. The molecule has 2 aromatic heterocycles. The van der Waals surface area contributed by atoms with Crippen LogP contribution in [0.15, 0.2) is 54.9 Å². The Morgan fingerprint density at radius 1 is 1.11 bits per heavy atom. The van der Waals surface area contributed by atoms with Gasteiger partial charge in [0.1, 0.15) is 5.82 Å². The topological polar surface area (TPSA) is 63.2 Å². The highest BCUT2D eigenvalue weighted by molar-refractivity contribution is 5.64. The van der Waals surface area contributed by atoms with Gasteiger partial charge in [-0.15, -0.1) is 0 Å². The minimum absolute atomic E-state index is 0.393. The molecule has 1 aliphatic heterocycles. The third-order valence-electron chi connectivity index (χ3n) is 4.92. The predicted octanol–water partition coefficient (Wildman–Crippen LogP) is 4.07. The van der Waals surface area contributed by atoms with Gasteiger partial charge in [0.25, 0.3) is 0 Å². The van der Waals surface area contributed by atoms with E-state index in [4.69, 9.17) is 9.72 Å². The van der Waals surface area contributed by atoms with E-state index in [2.05, 4.69) is 58.3 Å². The maximum absolute atomic E-state index is 5.53. The molecule has 3 heterocycles. The van der Waals surface area contributed by atoms with E-state index < -0.39 is 0 Å². The molecule has 144 valence electrons. The molecule has 28 heavy (non-hydrogen) atoms. The Labute approximate surface area is 165 Å². The van der Waals surface area contributed by atoms with Crippen LogP contribution in [0.3, 0.4) is 0 Å². The molecule has 1 N–H and O–H groups in total. The van der Waals surface area contributed by atoms with Crippen molar-refractivity contribution >= 4 is 17.2 Å². The van der Waals surface area contributed by atoms with Crippen molar-refractivity contribution in [3.8, 4) is 11.4 Å². The van der Waals surface area contributed by atoms with Crippen LogP contribution in [0.5, 0.6) is 0 Å². The lowest BCUT2D eigenvalue weighted by atomic mass is 10.2. The number of pyridine rings is 1. The molecule has 0 amide bonds. The number of aromatic nitrogens is 3. The van der Waals surface area contributed by atoms with Crippen molar-refractivity contribution in [1.29, 1.82) is 0 Å². The lowest BCUT2D eigenvalue weighted by Gasteiger charge is -2.35. The fraction of sp³-hybridized carbons (Fsp3) is 0.318. The molecular weight excluding hydrogens is 350 g/mol. The van der Waals surface area contributed by atoms with Crippen molar-refractivity contribution in [2.75, 3.05) is 30.0 Å². The lowest BCUT2D eigenvalue weighted by Crippen LogP contribution is -2.43. The number of hydrogen-bond acceptors (Lipinski definition) is 6. The molecule has 6 nitrogen and oxygen atoms in total. The molecule has 0 aliphatic carbocycles. The molecule has 1 unspecified atom stereocenters. The molecule has 3 aromatic rings. The van der Waals surface area contributed by atoms with Crippen LogP contribution in [0.1, 0.15) is 19.5 Å². The van der Waals surface area contributed by atoms with Crippen molar-refractivity contribution in [3.63, 3.8) is 0 Å². The molecule has 0 saturated carbocycles. The Morgan fingerprint density at radius 2 is 1.89 bits per heavy atom. The Morgan fingerprint density at radius 3 is 2.61 bits per heavy atom. The summed E-state index contributed by atoms with van der Waals surface area (Å²) in [6, 6.07) is 14.7. The normalized spacial score (nSPS) is 16.8. The summed E-state index contributed by atoms with van der Waals surface area (Å²) in [6.07, 6.45) is 4.37. The Balaban J connectivity index is 1.55. The van der Waals surface area contributed by atoms with Crippen LogP contribution in [-0.2, 0) is 11.2 Å². The molecular formula is C22H25N5O. The monoisotopic (exact) mass is 375 g/mol. The van der Waals surface area contributed by atoms with Crippen LogP contribution in [0.2, 0.25) is 0 Å². The minimum Gasteiger partial charge on any atom is -0.377 e. The van der Waals surface area contributed by atoms with E-state index in [1.807, 2.05) is 18.2 Å². The van der Waals surface area contributed by atoms with Crippen molar-refractivity contribution in [2.45, 2.75) is 26.3 Å². The van der Waals surface area contributed by atoms with Crippen LogP contribution in [0, 0.1) is 0 Å². The van der Waals surface area contributed by atoms with Gasteiger partial charge in [-0.1, -0.05) is 6.92 Å². The van der Waals surface area contributed by atoms with Crippen LogP contribution in [-0.4, -0.2) is 40.8 Å². The van der Waals surface area contributed by atoms with E-state index in [-0.39, 0.29) is 0 Å². The smallest absolute Gasteiger partial charge is 0.161 e. The molecule has 1 aliphatic rings. The predicted molar refractivity (Wildman–Crippen MR) is 112 cm³/mol. The molecule has 1 atom stereocenters. The summed E-state index contributed by atoms with van der Waals surface area (Å²) in [4.78, 5) is 15.8. The summed E-state index contributed by atoms with van der Waals surface area (Å²) in [5, 5.41) is 3.42. The van der Waals surface area contributed by atoms with Gasteiger partial charge in [0, 0.05) is 53.7 Å². The summed E-state index contributed by atoms with van der Waals surface area (Å²) in [5.41, 5.74) is 4.19. The quantitative estimate of drug-likeness (QED) is 0.725. The molecule has 0 bridgehead atoms. The van der Waals surface area contributed by atoms with E-state index in [1.165, 1.54) is 5.69 Å². The van der Waals surface area contributed by atoms with Crippen LogP contribution in [0.25, 0.3) is 11.4 Å². The first kappa shape index (κ1) is 18.4. The first-order valence-corrected chi connectivity index (χ1v) is 9.73.